The highest BCUT2D eigenvalue weighted by Crippen LogP contribution is 2.44. The summed E-state index contributed by atoms with van der Waals surface area (Å²) in [6.07, 6.45) is 1.44. The predicted octanol–water partition coefficient (Wildman–Crippen LogP) is 14.0. The molecule has 4 aromatic heterocycles. The molecule has 36 heteroatoms. The van der Waals surface area contributed by atoms with Crippen molar-refractivity contribution in [3.8, 4) is 0 Å². The van der Waals surface area contributed by atoms with Crippen molar-refractivity contribution in [2.24, 2.45) is 5.92 Å². The molecule has 0 spiro atoms. The normalized spacial score (nSPS) is 18.8. The Labute approximate surface area is 691 Å². The molecule has 9 aliphatic rings. The van der Waals surface area contributed by atoms with E-state index < -0.39 is 57.0 Å². The van der Waals surface area contributed by atoms with Crippen LogP contribution in [0.4, 0.5) is 43.9 Å². The van der Waals surface area contributed by atoms with Gasteiger partial charge in [-0.05, 0) is 160 Å². The third-order valence-corrected chi connectivity index (χ3v) is 26.8. The van der Waals surface area contributed by atoms with E-state index in [9.17, 15) is 76.3 Å². The van der Waals surface area contributed by atoms with Gasteiger partial charge in [-0.1, -0.05) is 66.5 Å². The zero-order valence-corrected chi connectivity index (χ0v) is 68.4. The fourth-order valence-corrected chi connectivity index (χ4v) is 19.1. The summed E-state index contributed by atoms with van der Waals surface area (Å²) in [5.41, 5.74) is 8.14. The van der Waals surface area contributed by atoms with E-state index in [1.165, 1.54) is 47.2 Å². The first-order valence-corrected chi connectivity index (χ1v) is 43.1. The Balaban J connectivity index is 0.000000130. The molecule has 1 aliphatic carbocycles. The van der Waals surface area contributed by atoms with Crippen LogP contribution in [0, 0.1) is 29.2 Å². The van der Waals surface area contributed by atoms with Crippen molar-refractivity contribution in [3.05, 3.63) is 207 Å². The highest BCUT2D eigenvalue weighted by Gasteiger charge is 2.43. The van der Waals surface area contributed by atoms with Crippen LogP contribution in [-0.4, -0.2) is 215 Å². The molecule has 0 unspecified atom stereocenters. The number of aromatic nitrogens is 8. The van der Waals surface area contributed by atoms with Gasteiger partial charge in [-0.3, -0.25) is 54.2 Å². The Morgan fingerprint density at radius 1 is 0.437 bits per heavy atom. The van der Waals surface area contributed by atoms with Gasteiger partial charge in [-0.15, -0.1) is 0 Å². The van der Waals surface area contributed by atoms with Crippen LogP contribution in [0.2, 0.25) is 10.0 Å². The largest absolute Gasteiger partial charge is 0.416 e. The number of fused-ring (bicyclic) bond motifs is 4. The standard InChI is InChI=1S/C22H26ClFN4O.C21H22F4N4O2.C20H24ClFN4O.C20H22F4N4O3S/c23-20-16(2-1-3-18(20)24)15-6-10-28(11-7-15)22(29)21-17-13-27(12-14-4-5-14)9-8-19(17)25-26-21;1-12(30)29-10-7-14-17(11-29)26-27-19(14)20(31)28-8-5-13(6-9-28)18-15(21(23,24)25)3-2-4-16(18)22;1-2-25-9-8-17-15(12-25)19(24-23-17)20(27)26-10-6-13(7-11-26)14-4-3-5-16(22)18(14)21;1-32(30,31)28-9-6-17-15(11-28)18(26-25-17)19(29)27-7-4-12(5-8-27)14-3-2-13(21)10-16(14)20(22,23)24/h1-3,14-15H,4-13H2,(H,25,26);2-4,13H,5-11H2,1H3,(H,26,27);3-5,13H,2,6-12H2,1H3,(H,23,24);2-3,10,12H,4-9,11H2,1H3,(H,25,26). The molecule has 4 aromatic carbocycles. The number of benzene rings is 4. The summed E-state index contributed by atoms with van der Waals surface area (Å²) in [6.45, 7) is 14.0. The van der Waals surface area contributed by atoms with Gasteiger partial charge in [-0.2, -0.15) is 51.0 Å². The zero-order valence-electron chi connectivity index (χ0n) is 66.1. The molecule has 4 saturated heterocycles. The molecule has 0 atom stereocenters. The second-order valence-corrected chi connectivity index (χ2v) is 34.9. The summed E-state index contributed by atoms with van der Waals surface area (Å²) in [4.78, 5) is 77.1. The topological polar surface area (TPSA) is 260 Å². The van der Waals surface area contributed by atoms with Crippen molar-refractivity contribution in [1.82, 2.24) is 79.4 Å². The summed E-state index contributed by atoms with van der Waals surface area (Å²) >= 11 is 12.3. The molecule has 1 saturated carbocycles. The first-order valence-electron chi connectivity index (χ1n) is 40.5. The lowest BCUT2D eigenvalue weighted by Gasteiger charge is -2.33. The van der Waals surface area contributed by atoms with Crippen LogP contribution in [-0.2, 0) is 79.0 Å². The summed E-state index contributed by atoms with van der Waals surface area (Å²) in [5, 5.41) is 29.2. The van der Waals surface area contributed by atoms with E-state index in [1.54, 1.807) is 21.9 Å². The van der Waals surface area contributed by atoms with E-state index >= 15 is 0 Å². The fourth-order valence-electron chi connectivity index (χ4n) is 17.8. The Morgan fingerprint density at radius 3 is 1.29 bits per heavy atom. The minimum absolute atomic E-state index is 0.00533. The average Bonchev–Trinajstić information content (AvgIpc) is 0.926. The number of carbonyl (C=O) groups excluding carboxylic acids is 5. The minimum Gasteiger partial charge on any atom is -0.337 e. The van der Waals surface area contributed by atoms with Crippen LogP contribution in [0.5, 0.6) is 0 Å². The second-order valence-electron chi connectivity index (χ2n) is 32.2. The van der Waals surface area contributed by atoms with Crippen molar-refractivity contribution in [3.63, 3.8) is 0 Å². The first kappa shape index (κ1) is 86.2. The third-order valence-electron chi connectivity index (χ3n) is 24.7. The summed E-state index contributed by atoms with van der Waals surface area (Å²) in [7, 11) is -3.42. The van der Waals surface area contributed by atoms with Crippen molar-refractivity contribution in [2.75, 3.05) is 97.9 Å². The maximum atomic E-state index is 14.3. The lowest BCUT2D eigenvalue weighted by atomic mass is 9.85. The van der Waals surface area contributed by atoms with E-state index in [2.05, 4.69) is 57.5 Å². The monoisotopic (exact) mass is 1720 g/mol. The highest BCUT2D eigenvalue weighted by molar-refractivity contribution is 7.88. The Hall–Kier alpha value is -9.22. The van der Waals surface area contributed by atoms with Crippen LogP contribution >= 0.6 is 23.2 Å². The molecular formula is C83H94Cl2F10N16O7S. The summed E-state index contributed by atoms with van der Waals surface area (Å²) in [5.74, 6) is -3.14. The Kier molecular flexibility index (Phi) is 26.2. The molecule has 17 rings (SSSR count). The number of likely N-dealkylation sites (tertiary alicyclic amines) is 4. The quantitative estimate of drug-likeness (QED) is 0.0831. The number of halogens is 12. The number of hydrogen-bond donors (Lipinski definition) is 4. The molecule has 5 amide bonds. The van der Waals surface area contributed by atoms with Crippen molar-refractivity contribution in [2.45, 2.75) is 166 Å². The van der Waals surface area contributed by atoms with Crippen LogP contribution in [0.3, 0.4) is 0 Å². The lowest BCUT2D eigenvalue weighted by Crippen LogP contribution is -2.40. The van der Waals surface area contributed by atoms with Crippen molar-refractivity contribution >= 4 is 62.8 Å². The summed E-state index contributed by atoms with van der Waals surface area (Å²) in [6, 6.07) is 15.7. The number of alkyl halides is 6. The van der Waals surface area contributed by atoms with Crippen molar-refractivity contribution in [1.29, 1.82) is 0 Å². The molecule has 0 bridgehead atoms. The fraction of sp³-hybridized carbons (Fsp3) is 0.506. The van der Waals surface area contributed by atoms with Gasteiger partial charge in [0.15, 0.2) is 22.8 Å². The number of aromatic amines is 4. The van der Waals surface area contributed by atoms with Crippen LogP contribution in [0.15, 0.2) is 72.8 Å². The Morgan fingerprint density at radius 2 is 0.840 bits per heavy atom. The average molecular weight is 1720 g/mol. The molecule has 8 aliphatic heterocycles. The smallest absolute Gasteiger partial charge is 0.337 e. The van der Waals surface area contributed by atoms with Gasteiger partial charge < -0.3 is 24.5 Å². The van der Waals surface area contributed by atoms with E-state index in [1.807, 2.05) is 21.9 Å². The first-order chi connectivity index (χ1) is 56.8. The third kappa shape index (κ3) is 19.4. The van der Waals surface area contributed by atoms with E-state index in [0.717, 1.165) is 159 Å². The predicted molar refractivity (Wildman–Crippen MR) is 422 cm³/mol. The maximum Gasteiger partial charge on any atom is 0.416 e. The van der Waals surface area contributed by atoms with E-state index in [-0.39, 0.29) is 125 Å². The van der Waals surface area contributed by atoms with E-state index in [0.29, 0.717) is 106 Å². The molecule has 0 radical (unpaired) electrons. The van der Waals surface area contributed by atoms with Crippen LogP contribution in [0.1, 0.15) is 222 Å². The molecule has 5 fully saturated rings. The van der Waals surface area contributed by atoms with Crippen LogP contribution < -0.4 is 0 Å². The molecule has 638 valence electrons. The number of nitrogens with zero attached hydrogens (tertiary/aromatic N) is 12. The number of piperidine rings is 4. The molecule has 12 heterocycles. The number of likely N-dealkylation sites (N-methyl/N-ethyl adjacent to an activating group) is 1. The van der Waals surface area contributed by atoms with Gasteiger partial charge in [0.25, 0.3) is 23.6 Å². The minimum atomic E-state index is -4.66. The molecule has 23 nitrogen and oxygen atoms in total. The zero-order chi connectivity index (χ0) is 84.5. The molecule has 4 N–H and O–H groups in total. The van der Waals surface area contributed by atoms with E-state index in [4.69, 9.17) is 23.2 Å². The van der Waals surface area contributed by atoms with Gasteiger partial charge in [0, 0.05) is 176 Å². The highest BCUT2D eigenvalue weighted by atomic mass is 35.5. The number of carbonyl (C=O) groups is 5. The van der Waals surface area contributed by atoms with Gasteiger partial charge in [0.1, 0.15) is 23.3 Å². The Bertz CT molecular complexity index is 5180. The van der Waals surface area contributed by atoms with Gasteiger partial charge in [0.05, 0.1) is 39.7 Å². The molecule has 119 heavy (non-hydrogen) atoms. The van der Waals surface area contributed by atoms with Gasteiger partial charge in [0.2, 0.25) is 15.9 Å². The lowest BCUT2D eigenvalue weighted by molar-refractivity contribution is -0.139. The number of H-pyrrole nitrogens is 4. The number of hydrogen-bond acceptors (Lipinski definition) is 13. The van der Waals surface area contributed by atoms with Crippen LogP contribution in [0.25, 0.3) is 0 Å². The number of nitrogens with one attached hydrogen (secondary N) is 4. The number of amides is 5. The SMILES string of the molecule is CC(=O)N1CCc2c(C(=O)N3CCC(c4c(F)cccc4C(F)(F)F)CC3)n[nH]c2C1.CCN1CCc2[nH]nc(C(=O)N3CCC(c4cccc(F)c4Cl)CC3)c2C1.CS(=O)(=O)N1CCc2[nH]nc(C(=O)N3CCC(c4ccc(F)cc4C(F)(F)F)CC3)c2C1.O=C(c1n[nH]c2c1CN(CC1CC1)CC2)N1CCC(c2cccc(F)c2Cl)CC1. The van der Waals surface area contributed by atoms with Gasteiger partial charge >= 0.3 is 12.4 Å². The molecule has 8 aromatic rings. The number of rotatable bonds is 12. The molecular weight excluding hydrogens is 1630 g/mol. The maximum absolute atomic E-state index is 14.3. The summed E-state index contributed by atoms with van der Waals surface area (Å²) < 4.78 is 160. The second kappa shape index (κ2) is 36.2. The number of sulfonamides is 1. The van der Waals surface area contributed by atoms with Crippen molar-refractivity contribution < 1.29 is 76.3 Å². The van der Waals surface area contributed by atoms with Gasteiger partial charge in [-0.25, -0.2) is 26.0 Å².